The Hall–Kier alpha value is 1.08. The summed E-state index contributed by atoms with van der Waals surface area (Å²) >= 11 is 8.13. The number of hydrogen-bond acceptors (Lipinski definition) is 12. The number of rotatable bonds is 62. The van der Waals surface area contributed by atoms with Crippen molar-refractivity contribution in [2.24, 2.45) is 0 Å². The van der Waals surface area contributed by atoms with Crippen molar-refractivity contribution >= 4 is 47.0 Å². The lowest BCUT2D eigenvalue weighted by atomic mass is 10.0. The minimum absolute atomic E-state index is 0.313. The number of piperazine rings is 1. The second kappa shape index (κ2) is 58.5. The molecule has 468 valence electrons. The molecule has 0 aromatic heterocycles. The fraction of sp³-hybridized carbons (Fsp3) is 1.00. The molecule has 0 aromatic rings. The lowest BCUT2D eigenvalue weighted by Crippen LogP contribution is -2.59. The largest absolute Gasteiger partial charge is 0.392 e. The van der Waals surface area contributed by atoms with Crippen LogP contribution in [0.5, 0.6) is 0 Å². The maximum atomic E-state index is 11.2. The van der Waals surface area contributed by atoms with Crippen molar-refractivity contribution in [2.75, 3.05) is 112 Å². The monoisotopic (exact) mass is 1180 g/mol. The van der Waals surface area contributed by atoms with Crippen molar-refractivity contribution in [3.8, 4) is 0 Å². The Morgan fingerprint density at radius 3 is 0.833 bits per heavy atom. The topological polar surface area (TPSA) is 93.9 Å². The van der Waals surface area contributed by atoms with Crippen molar-refractivity contribution in [1.82, 2.24) is 19.6 Å². The van der Waals surface area contributed by atoms with Crippen molar-refractivity contribution < 1.29 is 20.4 Å². The van der Waals surface area contributed by atoms with Crippen LogP contribution >= 0.6 is 47.0 Å². The highest BCUT2D eigenvalue weighted by molar-refractivity contribution is 7.99. The third kappa shape index (κ3) is 47.3. The van der Waals surface area contributed by atoms with E-state index in [4.69, 9.17) is 0 Å². The van der Waals surface area contributed by atoms with Crippen molar-refractivity contribution in [3.63, 3.8) is 0 Å². The smallest absolute Gasteiger partial charge is 0.0667 e. The van der Waals surface area contributed by atoms with E-state index >= 15 is 0 Å². The van der Waals surface area contributed by atoms with E-state index in [9.17, 15) is 20.4 Å². The first-order chi connectivity index (χ1) is 38.2. The number of aliphatic hydroxyl groups is 4. The van der Waals surface area contributed by atoms with E-state index in [1.54, 1.807) is 0 Å². The Bertz CT molecular complexity index is 1060. The van der Waals surface area contributed by atoms with Gasteiger partial charge in [-0.3, -0.25) is 19.6 Å². The summed E-state index contributed by atoms with van der Waals surface area (Å²) in [6, 6.07) is 1.17. The summed E-state index contributed by atoms with van der Waals surface area (Å²) in [6.45, 7) is 18.3. The van der Waals surface area contributed by atoms with Crippen LogP contribution in [0, 0.1) is 0 Å². The second-order valence-electron chi connectivity index (χ2n) is 24.3. The molecule has 12 heteroatoms. The van der Waals surface area contributed by atoms with Gasteiger partial charge in [0, 0.05) is 101 Å². The van der Waals surface area contributed by atoms with E-state index < -0.39 is 0 Å². The third-order valence-corrected chi connectivity index (χ3v) is 20.0. The fourth-order valence-electron chi connectivity index (χ4n) is 11.8. The lowest BCUT2D eigenvalue weighted by Gasteiger charge is -2.47. The van der Waals surface area contributed by atoms with Gasteiger partial charge < -0.3 is 20.4 Å². The number of unbranched alkanes of at least 4 members (excludes halogenated alkanes) is 28. The van der Waals surface area contributed by atoms with Crippen LogP contribution < -0.4 is 0 Å². The Morgan fingerprint density at radius 2 is 0.590 bits per heavy atom. The molecule has 1 heterocycles. The molecule has 1 fully saturated rings. The van der Waals surface area contributed by atoms with Crippen LogP contribution in [-0.2, 0) is 0 Å². The summed E-state index contributed by atoms with van der Waals surface area (Å²) in [5, 5.41) is 44.9. The molecule has 1 aliphatic heterocycles. The Morgan fingerprint density at radius 1 is 0.346 bits per heavy atom. The maximum absolute atomic E-state index is 11.2. The molecular formula is C66H136N4O4S4. The van der Waals surface area contributed by atoms with E-state index in [1.807, 2.05) is 23.5 Å². The van der Waals surface area contributed by atoms with Gasteiger partial charge >= 0.3 is 0 Å². The number of hydrogen-bond donors (Lipinski definition) is 4. The van der Waals surface area contributed by atoms with Crippen LogP contribution in [0.3, 0.4) is 0 Å². The van der Waals surface area contributed by atoms with Crippen LogP contribution in [0.25, 0.3) is 0 Å². The Labute approximate surface area is 504 Å². The molecule has 1 rings (SSSR count). The number of aliphatic hydroxyl groups excluding tert-OH is 4. The van der Waals surface area contributed by atoms with Crippen molar-refractivity contribution in [1.29, 1.82) is 0 Å². The maximum Gasteiger partial charge on any atom is 0.0667 e. The summed E-state index contributed by atoms with van der Waals surface area (Å²) < 4.78 is 0. The van der Waals surface area contributed by atoms with Gasteiger partial charge in [0.1, 0.15) is 0 Å². The van der Waals surface area contributed by atoms with E-state index in [-0.39, 0.29) is 24.4 Å². The third-order valence-electron chi connectivity index (χ3n) is 16.8. The van der Waals surface area contributed by atoms with Gasteiger partial charge in [0.05, 0.1) is 24.4 Å². The fourth-order valence-corrected chi connectivity index (χ4v) is 14.7. The minimum atomic E-state index is -0.313. The molecule has 1 saturated heterocycles. The van der Waals surface area contributed by atoms with Gasteiger partial charge in [-0.1, -0.05) is 233 Å². The molecule has 6 atom stereocenters. The van der Waals surface area contributed by atoms with Crippen molar-refractivity contribution in [3.05, 3.63) is 0 Å². The molecule has 78 heavy (non-hydrogen) atoms. The molecule has 8 nitrogen and oxygen atoms in total. The average Bonchev–Trinajstić information content (AvgIpc) is 3.43. The van der Waals surface area contributed by atoms with Crippen LogP contribution in [0.15, 0.2) is 0 Å². The summed E-state index contributed by atoms with van der Waals surface area (Å²) in [7, 11) is 0. The summed E-state index contributed by atoms with van der Waals surface area (Å²) in [5.41, 5.74) is 0. The van der Waals surface area contributed by atoms with E-state index in [2.05, 4.69) is 83.3 Å². The highest BCUT2D eigenvalue weighted by Gasteiger charge is 2.33. The van der Waals surface area contributed by atoms with Crippen LogP contribution in [0.1, 0.15) is 272 Å². The molecule has 4 N–H and O–H groups in total. The second-order valence-corrected chi connectivity index (χ2v) is 28.7. The van der Waals surface area contributed by atoms with Crippen molar-refractivity contribution in [2.45, 2.75) is 308 Å². The van der Waals surface area contributed by atoms with Gasteiger partial charge in [-0.15, -0.1) is 0 Å². The molecule has 0 radical (unpaired) electrons. The zero-order valence-corrected chi connectivity index (χ0v) is 56.1. The summed E-state index contributed by atoms with van der Waals surface area (Å²) in [6.07, 6.45) is 50.5. The van der Waals surface area contributed by atoms with E-state index in [1.165, 1.54) is 204 Å². The van der Waals surface area contributed by atoms with E-state index in [0.717, 1.165) is 114 Å². The van der Waals surface area contributed by atoms with Gasteiger partial charge in [-0.05, 0) is 62.5 Å². The SMILES string of the molecule is CCCCCCCCCCC(O)CN(CCSCCN1CC(CCSC)N(CCSCCN(CC(O)CCCCCCCCCC)CC(O)CCCCCCCCCC)CC1CCSC)CC(O)CCCCCCCCCC. The summed E-state index contributed by atoms with van der Waals surface area (Å²) in [4.78, 5) is 10.5. The van der Waals surface area contributed by atoms with Gasteiger partial charge in [0.2, 0.25) is 0 Å². The molecule has 0 saturated carbocycles. The van der Waals surface area contributed by atoms with Crippen LogP contribution in [0.4, 0.5) is 0 Å². The van der Waals surface area contributed by atoms with Gasteiger partial charge in [-0.25, -0.2) is 0 Å². The predicted molar refractivity (Wildman–Crippen MR) is 357 cm³/mol. The highest BCUT2D eigenvalue weighted by Crippen LogP contribution is 2.24. The zero-order chi connectivity index (χ0) is 56.8. The average molecular weight is 1180 g/mol. The van der Waals surface area contributed by atoms with Gasteiger partial charge in [-0.2, -0.15) is 47.0 Å². The van der Waals surface area contributed by atoms with E-state index in [0.29, 0.717) is 38.3 Å². The molecule has 6 unspecified atom stereocenters. The standard InChI is InChI=1S/C66H136N4O4S4/c1-7-11-15-19-23-27-31-35-39-63(71)57-67(58-64(72)40-36-32-28-24-20-16-12-8-2)45-51-77-53-47-69-55-62(44-50-76-6)70(56-61(69)43-49-75-5)48-54-78-52-46-68(59-65(73)41-37-33-29-25-21-17-13-9-3)60-66(74)42-38-34-30-26-22-18-14-10-4/h61-66,71-74H,7-60H2,1-6H3. The Balaban J connectivity index is 2.80. The quantitative estimate of drug-likeness (QED) is 0.0437. The molecule has 0 bridgehead atoms. The van der Waals surface area contributed by atoms with Crippen LogP contribution in [0.2, 0.25) is 0 Å². The molecule has 0 aromatic carbocycles. The lowest BCUT2D eigenvalue weighted by molar-refractivity contribution is 0.0337. The molecule has 0 aliphatic carbocycles. The molecule has 1 aliphatic rings. The molecule has 0 spiro atoms. The number of thioether (sulfide) groups is 4. The first-order valence-corrected chi connectivity index (χ1v) is 39.1. The Kier molecular flexibility index (Phi) is 57.8. The number of nitrogens with zero attached hydrogens (tertiary/aromatic N) is 4. The first kappa shape index (κ1) is 77.1. The normalized spacial score (nSPS) is 17.2. The first-order valence-electron chi connectivity index (χ1n) is 34.0. The summed E-state index contributed by atoms with van der Waals surface area (Å²) in [5.74, 6) is 6.77. The zero-order valence-electron chi connectivity index (χ0n) is 52.9. The highest BCUT2D eigenvalue weighted by atomic mass is 32.2. The van der Waals surface area contributed by atoms with Gasteiger partial charge in [0.15, 0.2) is 0 Å². The minimum Gasteiger partial charge on any atom is -0.392 e. The predicted octanol–water partition coefficient (Wildman–Crippen LogP) is 16.5. The molecule has 0 amide bonds. The molecular weight excluding hydrogens is 1040 g/mol. The van der Waals surface area contributed by atoms with Crippen LogP contribution in [-0.4, -0.2) is 189 Å². The van der Waals surface area contributed by atoms with Gasteiger partial charge in [0.25, 0.3) is 0 Å².